The summed E-state index contributed by atoms with van der Waals surface area (Å²) in [6, 6.07) is 0. The van der Waals surface area contributed by atoms with E-state index in [0.29, 0.717) is 23.9 Å². The summed E-state index contributed by atoms with van der Waals surface area (Å²) in [6.45, 7) is 11.2. The molecule has 126 valence electrons. The molecule has 2 spiro atoms. The summed E-state index contributed by atoms with van der Waals surface area (Å²) < 4.78 is 25.6. The van der Waals surface area contributed by atoms with Crippen molar-refractivity contribution in [1.29, 1.82) is 0 Å². The molecule has 0 aromatic heterocycles. The predicted molar refractivity (Wildman–Crippen MR) is 82.7 cm³/mol. The van der Waals surface area contributed by atoms with Gasteiger partial charge in [0.25, 0.3) is 0 Å². The van der Waals surface area contributed by atoms with Gasteiger partial charge in [0.1, 0.15) is 5.60 Å². The number of hydrogen-bond donors (Lipinski definition) is 0. The highest BCUT2D eigenvalue weighted by Gasteiger charge is 2.89. The van der Waals surface area contributed by atoms with Gasteiger partial charge in [0.05, 0.1) is 25.4 Å². The van der Waals surface area contributed by atoms with E-state index in [1.807, 2.05) is 0 Å². The van der Waals surface area contributed by atoms with Gasteiger partial charge in [-0.3, -0.25) is 0 Å². The van der Waals surface area contributed by atoms with Gasteiger partial charge in [0, 0.05) is 23.4 Å². The molecular formula is C19H26O4. The molecule has 2 aliphatic carbocycles. The zero-order chi connectivity index (χ0) is 15.6. The summed E-state index contributed by atoms with van der Waals surface area (Å²) in [4.78, 5) is 0. The van der Waals surface area contributed by atoms with Crippen LogP contribution in [0.15, 0.2) is 12.2 Å². The Hall–Kier alpha value is -0.420. The summed E-state index contributed by atoms with van der Waals surface area (Å²) in [6.07, 6.45) is 3.84. The molecule has 4 saturated heterocycles. The minimum atomic E-state index is -0.187. The van der Waals surface area contributed by atoms with Gasteiger partial charge in [-0.05, 0) is 38.0 Å². The average Bonchev–Trinajstić information content (AvgIpc) is 3.22. The lowest BCUT2D eigenvalue weighted by atomic mass is 9.55. The van der Waals surface area contributed by atoms with Crippen molar-refractivity contribution in [2.45, 2.75) is 57.2 Å². The molecule has 7 unspecified atom stereocenters. The van der Waals surface area contributed by atoms with Crippen LogP contribution in [0.5, 0.6) is 0 Å². The standard InChI is InChI=1S/C19H26O4/c1-10(2)12-6-14-18-7-13-15(11(3)8-21-13)19(18,9-22-14)23-16-17(12,18)4-5-20-16/h11-16H,1,4-9H2,2-3H3/t11-,12+,13?,14?,15?,16?,17?,18?,19?/m1/s1. The fourth-order valence-corrected chi connectivity index (χ4v) is 8.03. The van der Waals surface area contributed by atoms with Gasteiger partial charge in [0.2, 0.25) is 0 Å². The molecule has 6 rings (SSSR count). The maximum Gasteiger partial charge on any atom is 0.165 e. The third-order valence-electron chi connectivity index (χ3n) is 8.47. The molecule has 4 aliphatic heterocycles. The maximum absolute atomic E-state index is 6.83. The van der Waals surface area contributed by atoms with Crippen LogP contribution in [-0.4, -0.2) is 43.9 Å². The first-order valence-electron chi connectivity index (χ1n) is 9.25. The summed E-state index contributed by atoms with van der Waals surface area (Å²) in [5.41, 5.74) is 1.23. The third-order valence-corrected chi connectivity index (χ3v) is 8.47. The Bertz CT molecular complexity index is 604. The molecule has 6 aliphatic rings. The Labute approximate surface area is 137 Å². The molecule has 0 N–H and O–H groups in total. The molecule has 4 nitrogen and oxygen atoms in total. The third kappa shape index (κ3) is 1.13. The zero-order valence-corrected chi connectivity index (χ0v) is 14.0. The van der Waals surface area contributed by atoms with Crippen LogP contribution in [-0.2, 0) is 18.9 Å². The van der Waals surface area contributed by atoms with E-state index in [9.17, 15) is 0 Å². The SMILES string of the molecule is C=C(C)[C@@H]1CC2OCC34OC5OCCC51C23CC1OC[C@@H](C)C14. The Morgan fingerprint density at radius 2 is 2.09 bits per heavy atom. The lowest BCUT2D eigenvalue weighted by molar-refractivity contribution is -0.194. The van der Waals surface area contributed by atoms with Crippen molar-refractivity contribution in [2.75, 3.05) is 19.8 Å². The topological polar surface area (TPSA) is 36.9 Å². The largest absolute Gasteiger partial charge is 0.377 e. The van der Waals surface area contributed by atoms with E-state index in [1.54, 1.807) is 0 Å². The van der Waals surface area contributed by atoms with E-state index in [-0.39, 0.29) is 28.8 Å². The van der Waals surface area contributed by atoms with Crippen molar-refractivity contribution in [3.05, 3.63) is 12.2 Å². The first-order chi connectivity index (χ1) is 11.1. The van der Waals surface area contributed by atoms with Gasteiger partial charge >= 0.3 is 0 Å². The van der Waals surface area contributed by atoms with E-state index < -0.39 is 0 Å². The van der Waals surface area contributed by atoms with Crippen molar-refractivity contribution < 1.29 is 18.9 Å². The highest BCUT2D eigenvalue weighted by Crippen LogP contribution is 2.82. The molecule has 23 heavy (non-hydrogen) atoms. The van der Waals surface area contributed by atoms with E-state index in [1.165, 1.54) is 5.57 Å². The van der Waals surface area contributed by atoms with Gasteiger partial charge in [-0.25, -0.2) is 0 Å². The highest BCUT2D eigenvalue weighted by molar-refractivity contribution is 5.37. The van der Waals surface area contributed by atoms with Crippen molar-refractivity contribution in [3.63, 3.8) is 0 Å². The predicted octanol–water partition coefficient (Wildman–Crippen LogP) is 2.52. The van der Waals surface area contributed by atoms with Crippen molar-refractivity contribution in [2.24, 2.45) is 28.6 Å². The molecule has 0 radical (unpaired) electrons. The highest BCUT2D eigenvalue weighted by atomic mass is 16.7. The van der Waals surface area contributed by atoms with Crippen molar-refractivity contribution in [1.82, 2.24) is 0 Å². The molecule has 4 heterocycles. The van der Waals surface area contributed by atoms with Crippen LogP contribution in [0.3, 0.4) is 0 Å². The van der Waals surface area contributed by atoms with Crippen LogP contribution >= 0.6 is 0 Å². The van der Waals surface area contributed by atoms with Crippen LogP contribution < -0.4 is 0 Å². The quantitative estimate of drug-likeness (QED) is 0.696. The summed E-state index contributed by atoms with van der Waals surface area (Å²) in [5, 5.41) is 0. The van der Waals surface area contributed by atoms with Gasteiger partial charge < -0.3 is 18.9 Å². The van der Waals surface area contributed by atoms with E-state index in [4.69, 9.17) is 18.9 Å². The van der Waals surface area contributed by atoms with Gasteiger partial charge in [0.15, 0.2) is 6.29 Å². The van der Waals surface area contributed by atoms with Crippen LogP contribution in [0.2, 0.25) is 0 Å². The van der Waals surface area contributed by atoms with Crippen LogP contribution in [0.25, 0.3) is 0 Å². The number of allylic oxidation sites excluding steroid dienone is 1. The van der Waals surface area contributed by atoms with Crippen molar-refractivity contribution >= 4 is 0 Å². The molecule has 0 amide bonds. The Kier molecular flexibility index (Phi) is 2.33. The van der Waals surface area contributed by atoms with Gasteiger partial charge in [-0.1, -0.05) is 19.1 Å². The second-order valence-electron chi connectivity index (χ2n) is 8.99. The van der Waals surface area contributed by atoms with Gasteiger partial charge in [-0.15, -0.1) is 0 Å². The molecule has 2 saturated carbocycles. The average molecular weight is 318 g/mol. The first kappa shape index (κ1) is 13.8. The Morgan fingerprint density at radius 1 is 1.22 bits per heavy atom. The van der Waals surface area contributed by atoms with E-state index in [2.05, 4.69) is 20.4 Å². The Morgan fingerprint density at radius 3 is 2.91 bits per heavy atom. The number of hydrogen-bond acceptors (Lipinski definition) is 4. The molecule has 0 aromatic carbocycles. The number of fused-ring (bicyclic) bond motifs is 1. The van der Waals surface area contributed by atoms with E-state index >= 15 is 0 Å². The number of rotatable bonds is 1. The number of ether oxygens (including phenoxy) is 4. The van der Waals surface area contributed by atoms with Crippen LogP contribution in [0, 0.1) is 28.6 Å². The van der Waals surface area contributed by atoms with Gasteiger partial charge in [-0.2, -0.15) is 0 Å². The monoisotopic (exact) mass is 318 g/mol. The summed E-state index contributed by atoms with van der Waals surface area (Å²) in [7, 11) is 0. The Balaban J connectivity index is 1.60. The zero-order valence-electron chi connectivity index (χ0n) is 14.0. The molecule has 4 heteroatoms. The summed E-state index contributed by atoms with van der Waals surface area (Å²) >= 11 is 0. The lowest BCUT2D eigenvalue weighted by Gasteiger charge is -2.43. The second kappa shape index (κ2) is 3.87. The molecule has 9 atom stereocenters. The second-order valence-corrected chi connectivity index (χ2v) is 8.99. The fourth-order valence-electron chi connectivity index (χ4n) is 8.03. The van der Waals surface area contributed by atoms with Crippen LogP contribution in [0.4, 0.5) is 0 Å². The molecule has 0 bridgehead atoms. The molecule has 0 aromatic rings. The maximum atomic E-state index is 6.83. The molecule has 6 fully saturated rings. The molecular weight excluding hydrogens is 292 g/mol. The van der Waals surface area contributed by atoms with Crippen molar-refractivity contribution in [3.8, 4) is 0 Å². The summed E-state index contributed by atoms with van der Waals surface area (Å²) in [5.74, 6) is 1.46. The minimum Gasteiger partial charge on any atom is -0.377 e. The lowest BCUT2D eigenvalue weighted by Crippen LogP contribution is -2.52. The minimum absolute atomic E-state index is 0.0629. The fraction of sp³-hybridized carbons (Fsp3) is 0.895. The van der Waals surface area contributed by atoms with Crippen LogP contribution in [0.1, 0.15) is 33.1 Å². The normalized spacial score (nSPS) is 64.8. The first-order valence-corrected chi connectivity index (χ1v) is 9.25. The smallest absolute Gasteiger partial charge is 0.165 e. The van der Waals surface area contributed by atoms with E-state index in [0.717, 1.165) is 39.1 Å².